The Hall–Kier alpha value is -2.77. The number of amides is 3. The van der Waals surface area contributed by atoms with Gasteiger partial charge in [0, 0.05) is 18.7 Å². The standard InChI is InChI=1S/C22H35N3O5/c1-8-17(16-11-9-10-12-18(16)29-14-20(27)23-7)24-19(26)13-25(15(2)3)21(28)30-22(4,5)6/h9-12,15,17H,8,13-14H2,1-7H3,(H,23,27)(H,24,26). The van der Waals surface area contributed by atoms with Crippen LogP contribution in [0.5, 0.6) is 5.75 Å². The van der Waals surface area contributed by atoms with Crippen LogP contribution in [0, 0.1) is 0 Å². The fraction of sp³-hybridized carbons (Fsp3) is 0.591. The fourth-order valence-corrected chi connectivity index (χ4v) is 2.69. The molecule has 1 unspecified atom stereocenters. The normalized spacial score (nSPS) is 12.1. The van der Waals surface area contributed by atoms with Crippen LogP contribution in [0.25, 0.3) is 0 Å². The van der Waals surface area contributed by atoms with Gasteiger partial charge in [-0.2, -0.15) is 0 Å². The first-order valence-electron chi connectivity index (χ1n) is 10.2. The van der Waals surface area contributed by atoms with Gasteiger partial charge in [-0.15, -0.1) is 0 Å². The van der Waals surface area contributed by atoms with Crippen molar-refractivity contribution >= 4 is 17.9 Å². The summed E-state index contributed by atoms with van der Waals surface area (Å²) in [4.78, 5) is 38.1. The van der Waals surface area contributed by atoms with Gasteiger partial charge in [0.2, 0.25) is 5.91 Å². The molecule has 8 nitrogen and oxygen atoms in total. The van der Waals surface area contributed by atoms with E-state index in [1.807, 2.05) is 32.9 Å². The van der Waals surface area contributed by atoms with E-state index in [-0.39, 0.29) is 37.0 Å². The molecule has 8 heteroatoms. The molecule has 0 aliphatic rings. The number of carbonyl (C=O) groups excluding carboxylic acids is 3. The highest BCUT2D eigenvalue weighted by Gasteiger charge is 2.27. The number of ether oxygens (including phenoxy) is 2. The number of hydrogen-bond acceptors (Lipinski definition) is 5. The van der Waals surface area contributed by atoms with Gasteiger partial charge < -0.3 is 20.1 Å². The summed E-state index contributed by atoms with van der Waals surface area (Å²) in [6.45, 7) is 10.7. The number of likely N-dealkylation sites (N-methyl/N-ethyl adjacent to an activating group) is 1. The average molecular weight is 422 g/mol. The van der Waals surface area contributed by atoms with Crippen molar-refractivity contribution in [2.75, 3.05) is 20.2 Å². The number of hydrogen-bond donors (Lipinski definition) is 2. The maximum Gasteiger partial charge on any atom is 0.410 e. The van der Waals surface area contributed by atoms with E-state index >= 15 is 0 Å². The van der Waals surface area contributed by atoms with E-state index in [0.717, 1.165) is 5.56 Å². The van der Waals surface area contributed by atoms with E-state index in [2.05, 4.69) is 10.6 Å². The van der Waals surface area contributed by atoms with Crippen LogP contribution < -0.4 is 15.4 Å². The van der Waals surface area contributed by atoms with Crippen LogP contribution in [-0.2, 0) is 14.3 Å². The summed E-state index contributed by atoms with van der Waals surface area (Å²) < 4.78 is 11.0. The van der Waals surface area contributed by atoms with Gasteiger partial charge >= 0.3 is 6.09 Å². The maximum atomic E-state index is 12.7. The van der Waals surface area contributed by atoms with E-state index in [0.29, 0.717) is 12.2 Å². The first-order chi connectivity index (χ1) is 14.0. The lowest BCUT2D eigenvalue weighted by atomic mass is 10.0. The SMILES string of the molecule is CCC(NC(=O)CN(C(=O)OC(C)(C)C)C(C)C)c1ccccc1OCC(=O)NC. The Morgan fingerprint density at radius 2 is 1.73 bits per heavy atom. The Kier molecular flexibility index (Phi) is 9.62. The van der Waals surface area contributed by atoms with Gasteiger partial charge in [-0.05, 0) is 47.1 Å². The molecule has 0 aliphatic heterocycles. The summed E-state index contributed by atoms with van der Waals surface area (Å²) in [5.41, 5.74) is 0.124. The molecular weight excluding hydrogens is 386 g/mol. The summed E-state index contributed by atoms with van der Waals surface area (Å²) in [6, 6.07) is 6.73. The Balaban J connectivity index is 2.90. The van der Waals surface area contributed by atoms with E-state index in [1.165, 1.54) is 11.9 Å². The summed E-state index contributed by atoms with van der Waals surface area (Å²) in [5.74, 6) is -0.0181. The topological polar surface area (TPSA) is 97.0 Å². The zero-order valence-electron chi connectivity index (χ0n) is 19.1. The molecule has 0 saturated heterocycles. The molecule has 1 aromatic rings. The highest BCUT2D eigenvalue weighted by atomic mass is 16.6. The van der Waals surface area contributed by atoms with Crippen LogP contribution in [0.15, 0.2) is 24.3 Å². The lowest BCUT2D eigenvalue weighted by molar-refractivity contribution is -0.124. The fourth-order valence-electron chi connectivity index (χ4n) is 2.69. The minimum absolute atomic E-state index is 0.113. The third kappa shape index (κ3) is 8.31. The van der Waals surface area contributed by atoms with Crippen molar-refractivity contribution in [2.24, 2.45) is 0 Å². The molecular formula is C22H35N3O5. The van der Waals surface area contributed by atoms with Crippen LogP contribution >= 0.6 is 0 Å². The number of benzene rings is 1. The number of carbonyl (C=O) groups is 3. The highest BCUT2D eigenvalue weighted by Crippen LogP contribution is 2.27. The second kappa shape index (κ2) is 11.4. The van der Waals surface area contributed by atoms with Crippen LogP contribution in [0.4, 0.5) is 4.79 Å². The predicted molar refractivity (Wildman–Crippen MR) is 115 cm³/mol. The molecule has 0 aromatic heterocycles. The van der Waals surface area contributed by atoms with Crippen LogP contribution in [0.3, 0.4) is 0 Å². The maximum absolute atomic E-state index is 12.7. The molecule has 0 radical (unpaired) electrons. The van der Waals surface area contributed by atoms with E-state index in [4.69, 9.17) is 9.47 Å². The van der Waals surface area contributed by atoms with Crippen molar-refractivity contribution in [3.63, 3.8) is 0 Å². The second-order valence-corrected chi connectivity index (χ2v) is 8.23. The third-order valence-electron chi connectivity index (χ3n) is 4.24. The van der Waals surface area contributed by atoms with Crippen molar-refractivity contribution < 1.29 is 23.9 Å². The summed E-state index contributed by atoms with van der Waals surface area (Å²) >= 11 is 0. The average Bonchev–Trinajstić information content (AvgIpc) is 2.67. The zero-order valence-corrected chi connectivity index (χ0v) is 19.1. The van der Waals surface area contributed by atoms with Gasteiger partial charge in [0.15, 0.2) is 6.61 Å². The summed E-state index contributed by atoms with van der Waals surface area (Å²) in [6.07, 6.45) is 0.0789. The molecule has 168 valence electrons. The van der Waals surface area contributed by atoms with Crippen molar-refractivity contribution in [2.45, 2.75) is 65.6 Å². The van der Waals surface area contributed by atoms with Crippen molar-refractivity contribution in [1.29, 1.82) is 0 Å². The van der Waals surface area contributed by atoms with Gasteiger partial charge in [0.25, 0.3) is 5.91 Å². The van der Waals surface area contributed by atoms with Crippen LogP contribution in [0.1, 0.15) is 59.6 Å². The van der Waals surface area contributed by atoms with Crippen molar-refractivity contribution in [1.82, 2.24) is 15.5 Å². The molecule has 1 rings (SSSR count). The predicted octanol–water partition coefficient (Wildman–Crippen LogP) is 3.02. The van der Waals surface area contributed by atoms with Gasteiger partial charge in [-0.25, -0.2) is 4.79 Å². The Bertz CT molecular complexity index is 728. The zero-order chi connectivity index (χ0) is 22.9. The smallest absolute Gasteiger partial charge is 0.410 e. The number of para-hydroxylation sites is 1. The van der Waals surface area contributed by atoms with Gasteiger partial charge in [0.05, 0.1) is 6.04 Å². The summed E-state index contributed by atoms with van der Waals surface area (Å²) in [7, 11) is 1.54. The van der Waals surface area contributed by atoms with Gasteiger partial charge in [0.1, 0.15) is 17.9 Å². The molecule has 3 amide bonds. The number of nitrogens with one attached hydrogen (secondary N) is 2. The van der Waals surface area contributed by atoms with E-state index < -0.39 is 11.7 Å². The minimum atomic E-state index is -0.645. The second-order valence-electron chi connectivity index (χ2n) is 8.23. The minimum Gasteiger partial charge on any atom is -0.483 e. The first-order valence-corrected chi connectivity index (χ1v) is 10.2. The molecule has 0 saturated carbocycles. The van der Waals surface area contributed by atoms with Crippen molar-refractivity contribution in [3.8, 4) is 5.75 Å². The molecule has 1 atom stereocenters. The molecule has 1 aromatic carbocycles. The van der Waals surface area contributed by atoms with Crippen LogP contribution in [-0.4, -0.2) is 54.6 Å². The molecule has 0 aliphatic carbocycles. The highest BCUT2D eigenvalue weighted by molar-refractivity contribution is 5.83. The van der Waals surface area contributed by atoms with Gasteiger partial charge in [-0.1, -0.05) is 25.1 Å². The molecule has 2 N–H and O–H groups in total. The monoisotopic (exact) mass is 421 g/mol. The lowest BCUT2D eigenvalue weighted by Crippen LogP contribution is -2.47. The molecule has 0 heterocycles. The van der Waals surface area contributed by atoms with E-state index in [9.17, 15) is 14.4 Å². The molecule has 0 spiro atoms. The first kappa shape index (κ1) is 25.3. The molecule has 30 heavy (non-hydrogen) atoms. The Morgan fingerprint density at radius 3 is 2.27 bits per heavy atom. The molecule has 0 fully saturated rings. The molecule has 0 bridgehead atoms. The van der Waals surface area contributed by atoms with E-state index in [1.54, 1.807) is 32.9 Å². The largest absolute Gasteiger partial charge is 0.483 e. The van der Waals surface area contributed by atoms with Crippen LogP contribution in [0.2, 0.25) is 0 Å². The number of rotatable bonds is 9. The quantitative estimate of drug-likeness (QED) is 0.639. The van der Waals surface area contributed by atoms with Gasteiger partial charge in [-0.3, -0.25) is 14.5 Å². The third-order valence-corrected chi connectivity index (χ3v) is 4.24. The number of nitrogens with zero attached hydrogens (tertiary/aromatic N) is 1. The Morgan fingerprint density at radius 1 is 1.10 bits per heavy atom. The van der Waals surface area contributed by atoms with Crippen molar-refractivity contribution in [3.05, 3.63) is 29.8 Å². The Labute approximate surface area is 179 Å². The summed E-state index contributed by atoms with van der Waals surface area (Å²) in [5, 5.41) is 5.46. The lowest BCUT2D eigenvalue weighted by Gasteiger charge is -2.30.